The minimum absolute atomic E-state index is 0. The Morgan fingerprint density at radius 2 is 1.53 bits per heavy atom. The summed E-state index contributed by atoms with van der Waals surface area (Å²) in [6.07, 6.45) is 0.420. The highest BCUT2D eigenvalue weighted by Gasteiger charge is 2.44. The molecule has 0 fully saturated rings. The van der Waals surface area contributed by atoms with E-state index in [4.69, 9.17) is 11.6 Å². The summed E-state index contributed by atoms with van der Waals surface area (Å²) in [6.45, 7) is 2.22. The number of halogens is 2. The van der Waals surface area contributed by atoms with Crippen LogP contribution < -0.4 is 10.2 Å². The van der Waals surface area contributed by atoms with Crippen LogP contribution in [0.2, 0.25) is 5.02 Å². The number of nitrogens with zero attached hydrogens (tertiary/aromatic N) is 1. The van der Waals surface area contributed by atoms with Gasteiger partial charge in [0, 0.05) is 10.7 Å². The lowest BCUT2D eigenvalue weighted by molar-refractivity contribution is -0.124. The summed E-state index contributed by atoms with van der Waals surface area (Å²) < 4.78 is 0. The molecule has 2 unspecified atom stereocenters. The number of amides is 1. The van der Waals surface area contributed by atoms with Crippen LogP contribution in [0.25, 0.3) is 11.1 Å². The summed E-state index contributed by atoms with van der Waals surface area (Å²) in [5.74, 6) is 0.212. The smallest absolute Gasteiger partial charge is 0.247 e. The highest BCUT2D eigenvalue weighted by atomic mass is 35.5. The first-order valence-corrected chi connectivity index (χ1v) is 14.3. The lowest BCUT2D eigenvalue weighted by Gasteiger charge is -2.35. The fourth-order valence-electron chi connectivity index (χ4n) is 5.87. The van der Waals surface area contributed by atoms with Crippen LogP contribution in [0.3, 0.4) is 0 Å². The molecule has 5 aromatic carbocycles. The maximum absolute atomic E-state index is 14.8. The molecule has 0 radical (unpaired) electrons. The van der Waals surface area contributed by atoms with Gasteiger partial charge in [-0.05, 0) is 89.2 Å². The van der Waals surface area contributed by atoms with E-state index in [9.17, 15) is 15.0 Å². The second-order valence-corrected chi connectivity index (χ2v) is 11.4. The van der Waals surface area contributed by atoms with E-state index in [0.29, 0.717) is 11.4 Å². The maximum atomic E-state index is 14.8. The van der Waals surface area contributed by atoms with Crippen molar-refractivity contribution < 1.29 is 15.0 Å². The molecule has 0 bridgehead atoms. The molecule has 218 valence electrons. The second kappa shape index (κ2) is 12.5. The summed E-state index contributed by atoms with van der Waals surface area (Å²) in [6, 6.07) is 37.6. The molecule has 43 heavy (non-hydrogen) atoms. The van der Waals surface area contributed by atoms with Gasteiger partial charge in [-0.1, -0.05) is 90.5 Å². The standard InChI is InChI=1S/C36H31ClN2O3.ClH/c1-36(22-27-11-5-6-13-31(27)25-9-3-2-4-10-25)35(42)39(23-24-8-7-12-30(41)20-24)33-19-16-28(37)21-32(33)34(38-36)26-14-17-29(40)18-15-26;/h2-21,34,38,40-41H,22-23H2,1H3;1H. The largest absolute Gasteiger partial charge is 0.508 e. The normalized spacial score (nSPS) is 18.0. The first-order chi connectivity index (χ1) is 20.3. The van der Waals surface area contributed by atoms with Crippen molar-refractivity contribution in [3.8, 4) is 22.6 Å². The van der Waals surface area contributed by atoms with Gasteiger partial charge in [-0.25, -0.2) is 0 Å². The monoisotopic (exact) mass is 610 g/mol. The Balaban J connectivity index is 0.00000368. The van der Waals surface area contributed by atoms with Crippen molar-refractivity contribution >= 4 is 35.6 Å². The molecule has 0 saturated carbocycles. The van der Waals surface area contributed by atoms with E-state index >= 15 is 0 Å². The third-order valence-electron chi connectivity index (χ3n) is 7.90. The summed E-state index contributed by atoms with van der Waals surface area (Å²) in [5.41, 5.74) is 5.43. The Morgan fingerprint density at radius 3 is 2.28 bits per heavy atom. The van der Waals surface area contributed by atoms with Gasteiger partial charge in [0.15, 0.2) is 0 Å². The van der Waals surface area contributed by atoms with Gasteiger partial charge in [0.2, 0.25) is 5.91 Å². The Labute approximate surface area is 262 Å². The van der Waals surface area contributed by atoms with E-state index in [-0.39, 0.29) is 36.4 Å². The first kappa shape index (κ1) is 30.2. The second-order valence-electron chi connectivity index (χ2n) is 11.0. The van der Waals surface area contributed by atoms with Crippen molar-refractivity contribution in [2.24, 2.45) is 0 Å². The van der Waals surface area contributed by atoms with Crippen molar-refractivity contribution in [3.05, 3.63) is 149 Å². The molecule has 0 saturated heterocycles. The fraction of sp³-hybridized carbons (Fsp3) is 0.139. The van der Waals surface area contributed by atoms with E-state index in [2.05, 4.69) is 29.6 Å². The molecule has 5 nitrogen and oxygen atoms in total. The lowest BCUT2D eigenvalue weighted by Crippen LogP contribution is -2.56. The minimum Gasteiger partial charge on any atom is -0.508 e. The van der Waals surface area contributed by atoms with Gasteiger partial charge in [0.05, 0.1) is 12.6 Å². The molecule has 5 aromatic rings. The molecule has 1 amide bonds. The number of carbonyl (C=O) groups is 1. The molecular weight excluding hydrogens is 579 g/mol. The van der Waals surface area contributed by atoms with E-state index in [0.717, 1.165) is 39.1 Å². The summed E-state index contributed by atoms with van der Waals surface area (Å²) >= 11 is 6.56. The van der Waals surface area contributed by atoms with E-state index in [1.165, 1.54) is 0 Å². The number of hydrogen-bond acceptors (Lipinski definition) is 4. The van der Waals surface area contributed by atoms with Crippen molar-refractivity contribution in [3.63, 3.8) is 0 Å². The minimum atomic E-state index is -1.05. The molecule has 0 aromatic heterocycles. The molecule has 1 aliphatic heterocycles. The predicted molar refractivity (Wildman–Crippen MR) is 175 cm³/mol. The Morgan fingerprint density at radius 1 is 0.814 bits per heavy atom. The van der Waals surface area contributed by atoms with Crippen molar-refractivity contribution in [2.75, 3.05) is 4.90 Å². The number of phenols is 2. The van der Waals surface area contributed by atoms with E-state index in [1.54, 1.807) is 41.3 Å². The molecule has 3 N–H and O–H groups in total. The quantitative estimate of drug-likeness (QED) is 0.182. The molecule has 0 spiro atoms. The molecule has 1 aliphatic rings. The number of anilines is 1. The number of fused-ring (bicyclic) bond motifs is 1. The van der Waals surface area contributed by atoms with Crippen molar-refractivity contribution in [1.82, 2.24) is 5.32 Å². The number of nitrogens with one attached hydrogen (secondary N) is 1. The number of phenolic OH excluding ortho intramolecular Hbond substituents is 2. The molecule has 7 heteroatoms. The van der Waals surface area contributed by atoms with Gasteiger partial charge >= 0.3 is 0 Å². The van der Waals surface area contributed by atoms with Crippen molar-refractivity contribution in [2.45, 2.75) is 31.5 Å². The number of carbonyl (C=O) groups excluding carboxylic acids is 1. The zero-order valence-electron chi connectivity index (χ0n) is 23.6. The maximum Gasteiger partial charge on any atom is 0.247 e. The molecule has 1 heterocycles. The van der Waals surface area contributed by atoms with Crippen molar-refractivity contribution in [1.29, 1.82) is 0 Å². The topological polar surface area (TPSA) is 72.8 Å². The third-order valence-corrected chi connectivity index (χ3v) is 8.13. The van der Waals surface area contributed by atoms with Crippen LogP contribution in [0, 0.1) is 0 Å². The van der Waals surface area contributed by atoms with Gasteiger partial charge in [-0.15, -0.1) is 12.4 Å². The lowest BCUT2D eigenvalue weighted by atomic mass is 9.86. The van der Waals surface area contributed by atoms with Gasteiger partial charge in [0.25, 0.3) is 0 Å². The Bertz CT molecular complexity index is 1740. The number of rotatable bonds is 6. The Kier molecular flexibility index (Phi) is 8.79. The van der Waals surface area contributed by atoms with Crippen LogP contribution in [-0.2, 0) is 17.8 Å². The third kappa shape index (κ3) is 6.25. The van der Waals surface area contributed by atoms with Crippen LogP contribution in [-0.4, -0.2) is 21.7 Å². The number of hydrogen-bond donors (Lipinski definition) is 3. The average molecular weight is 612 g/mol. The number of benzene rings is 5. The zero-order chi connectivity index (χ0) is 29.3. The van der Waals surface area contributed by atoms with Gasteiger partial charge in [0.1, 0.15) is 17.0 Å². The van der Waals surface area contributed by atoms with Crippen LogP contribution in [0.1, 0.15) is 35.2 Å². The summed E-state index contributed by atoms with van der Waals surface area (Å²) in [4.78, 5) is 16.6. The first-order valence-electron chi connectivity index (χ1n) is 13.9. The Hall–Kier alpha value is -4.29. The van der Waals surface area contributed by atoms with Crippen LogP contribution >= 0.6 is 24.0 Å². The number of aromatic hydroxyl groups is 2. The van der Waals surface area contributed by atoms with Crippen LogP contribution in [0.15, 0.2) is 121 Å². The fourth-order valence-corrected chi connectivity index (χ4v) is 6.05. The summed E-state index contributed by atoms with van der Waals surface area (Å²) in [7, 11) is 0. The van der Waals surface area contributed by atoms with Crippen LogP contribution in [0.5, 0.6) is 11.5 Å². The predicted octanol–water partition coefficient (Wildman–Crippen LogP) is 8.07. The van der Waals surface area contributed by atoms with Crippen LogP contribution in [0.4, 0.5) is 5.69 Å². The molecule has 2 atom stereocenters. The van der Waals surface area contributed by atoms with Gasteiger partial charge < -0.3 is 15.1 Å². The van der Waals surface area contributed by atoms with E-state index < -0.39 is 11.6 Å². The average Bonchev–Trinajstić information content (AvgIpc) is 3.07. The summed E-state index contributed by atoms with van der Waals surface area (Å²) in [5, 5.41) is 24.5. The molecular formula is C36H32Cl2N2O3. The van der Waals surface area contributed by atoms with Gasteiger partial charge in [-0.2, -0.15) is 0 Å². The zero-order valence-corrected chi connectivity index (χ0v) is 25.1. The highest BCUT2D eigenvalue weighted by Crippen LogP contribution is 2.41. The molecule has 0 aliphatic carbocycles. The highest BCUT2D eigenvalue weighted by molar-refractivity contribution is 6.30. The SMILES string of the molecule is CC1(Cc2ccccc2-c2ccccc2)NC(c2ccc(O)cc2)c2cc(Cl)ccc2N(Cc2cccc(O)c2)C1=O.Cl. The van der Waals surface area contributed by atoms with E-state index in [1.807, 2.05) is 67.6 Å². The van der Waals surface area contributed by atoms with Gasteiger partial charge in [-0.3, -0.25) is 10.1 Å². The molecule has 6 rings (SSSR count).